The summed E-state index contributed by atoms with van der Waals surface area (Å²) in [4.78, 5) is 3.33. The molecule has 13 heavy (non-hydrogen) atoms. The molecule has 0 amide bonds. The minimum Gasteiger partial charge on any atom is -0.286 e. The van der Waals surface area contributed by atoms with E-state index in [1.54, 1.807) is 12.4 Å². The molecule has 0 spiro atoms. The molecular formula is C8H7F2N3. The topological polar surface area (TPSA) is 41.6 Å². The lowest BCUT2D eigenvalue weighted by molar-refractivity contribution is 0.504. The van der Waals surface area contributed by atoms with Crippen LogP contribution in [0, 0.1) is 11.6 Å². The molecule has 0 aliphatic rings. The fraction of sp³-hybridized carbons (Fsp3) is 0. The first kappa shape index (κ1) is 9.31. The SMILES string of the molecule is Fc1ccncc1F.c1cn[nH]c1. The molecule has 0 aliphatic heterocycles. The molecule has 5 heteroatoms. The van der Waals surface area contributed by atoms with Crippen molar-refractivity contribution in [3.8, 4) is 0 Å². The van der Waals surface area contributed by atoms with E-state index in [1.807, 2.05) is 6.07 Å². The summed E-state index contributed by atoms with van der Waals surface area (Å²) in [5.74, 6) is -1.77. The van der Waals surface area contributed by atoms with Crippen molar-refractivity contribution >= 4 is 0 Å². The third kappa shape index (κ3) is 3.42. The van der Waals surface area contributed by atoms with Crippen LogP contribution in [0.25, 0.3) is 0 Å². The Bertz CT molecular complexity index is 297. The van der Waals surface area contributed by atoms with Gasteiger partial charge in [0.05, 0.1) is 6.20 Å². The number of nitrogens with zero attached hydrogens (tertiary/aromatic N) is 2. The molecule has 2 aromatic heterocycles. The van der Waals surface area contributed by atoms with Crippen molar-refractivity contribution < 1.29 is 8.78 Å². The smallest absolute Gasteiger partial charge is 0.177 e. The molecule has 0 saturated carbocycles. The van der Waals surface area contributed by atoms with Crippen LogP contribution in [0.3, 0.4) is 0 Å². The third-order valence-electron chi connectivity index (χ3n) is 1.13. The molecule has 2 heterocycles. The van der Waals surface area contributed by atoms with E-state index in [4.69, 9.17) is 0 Å². The molecule has 3 nitrogen and oxygen atoms in total. The van der Waals surface area contributed by atoms with Crippen molar-refractivity contribution in [3.63, 3.8) is 0 Å². The third-order valence-corrected chi connectivity index (χ3v) is 1.13. The lowest BCUT2D eigenvalue weighted by Crippen LogP contribution is -1.81. The average molecular weight is 183 g/mol. The second-order valence-corrected chi connectivity index (χ2v) is 2.06. The van der Waals surface area contributed by atoms with Crippen LogP contribution in [0.15, 0.2) is 36.9 Å². The van der Waals surface area contributed by atoms with Crippen LogP contribution in [0.5, 0.6) is 0 Å². The summed E-state index contributed by atoms with van der Waals surface area (Å²) >= 11 is 0. The molecule has 0 bridgehead atoms. The number of halogens is 2. The van der Waals surface area contributed by atoms with Crippen LogP contribution in [0.1, 0.15) is 0 Å². The fourth-order valence-corrected chi connectivity index (χ4v) is 0.573. The predicted octanol–water partition coefficient (Wildman–Crippen LogP) is 1.77. The van der Waals surface area contributed by atoms with Crippen molar-refractivity contribution in [2.24, 2.45) is 0 Å². The first-order chi connectivity index (χ1) is 6.30. The zero-order chi connectivity index (χ0) is 9.52. The number of aromatic amines is 1. The van der Waals surface area contributed by atoms with E-state index in [9.17, 15) is 8.78 Å². The maximum absolute atomic E-state index is 11.9. The van der Waals surface area contributed by atoms with Crippen molar-refractivity contribution in [1.29, 1.82) is 0 Å². The molecule has 0 unspecified atom stereocenters. The molecule has 1 N–H and O–H groups in total. The highest BCUT2D eigenvalue weighted by molar-refractivity contribution is 4.96. The second kappa shape index (κ2) is 4.97. The zero-order valence-corrected chi connectivity index (χ0v) is 6.61. The van der Waals surface area contributed by atoms with Crippen LogP contribution < -0.4 is 0 Å². The number of nitrogens with one attached hydrogen (secondary N) is 1. The first-order valence-corrected chi connectivity index (χ1v) is 3.49. The van der Waals surface area contributed by atoms with Crippen LogP contribution in [-0.4, -0.2) is 15.2 Å². The van der Waals surface area contributed by atoms with E-state index in [1.165, 1.54) is 6.20 Å². The summed E-state index contributed by atoms with van der Waals surface area (Å²) < 4.78 is 23.8. The highest BCUT2D eigenvalue weighted by Gasteiger charge is 1.94. The van der Waals surface area contributed by atoms with Gasteiger partial charge in [0, 0.05) is 18.6 Å². The lowest BCUT2D eigenvalue weighted by atomic mass is 10.5. The summed E-state index contributed by atoms with van der Waals surface area (Å²) in [6, 6.07) is 2.80. The Hall–Kier alpha value is -1.78. The number of hydrogen-bond acceptors (Lipinski definition) is 2. The highest BCUT2D eigenvalue weighted by atomic mass is 19.2. The first-order valence-electron chi connectivity index (χ1n) is 3.49. The van der Waals surface area contributed by atoms with E-state index in [0.717, 1.165) is 12.3 Å². The molecule has 2 aromatic rings. The van der Waals surface area contributed by atoms with Gasteiger partial charge in [-0.3, -0.25) is 10.1 Å². The monoisotopic (exact) mass is 183 g/mol. The largest absolute Gasteiger partial charge is 0.286 e. The predicted molar refractivity (Wildman–Crippen MR) is 42.7 cm³/mol. The molecule has 0 atom stereocenters. The number of H-pyrrole nitrogens is 1. The van der Waals surface area contributed by atoms with Crippen LogP contribution >= 0.6 is 0 Å². The summed E-state index contributed by atoms with van der Waals surface area (Å²) in [6.45, 7) is 0. The van der Waals surface area contributed by atoms with Gasteiger partial charge in [0.15, 0.2) is 11.6 Å². The van der Waals surface area contributed by atoms with E-state index in [0.29, 0.717) is 0 Å². The van der Waals surface area contributed by atoms with Gasteiger partial charge in [0.25, 0.3) is 0 Å². The standard InChI is InChI=1S/C5H3F2N.C3H4N2/c6-4-1-2-8-3-5(4)7;1-2-4-5-3-1/h1-3H;1-3H,(H,4,5). The summed E-state index contributed by atoms with van der Waals surface area (Å²) in [7, 11) is 0. The van der Waals surface area contributed by atoms with Gasteiger partial charge < -0.3 is 0 Å². The lowest BCUT2D eigenvalue weighted by Gasteiger charge is -1.84. The van der Waals surface area contributed by atoms with Gasteiger partial charge in [-0.05, 0) is 12.1 Å². The molecule has 0 aromatic carbocycles. The van der Waals surface area contributed by atoms with Crippen molar-refractivity contribution in [2.45, 2.75) is 0 Å². The Morgan fingerprint density at radius 2 is 2.00 bits per heavy atom. The number of pyridine rings is 1. The Morgan fingerprint density at radius 1 is 1.15 bits per heavy atom. The van der Waals surface area contributed by atoms with Gasteiger partial charge >= 0.3 is 0 Å². The van der Waals surface area contributed by atoms with Crippen molar-refractivity contribution in [1.82, 2.24) is 15.2 Å². The number of hydrogen-bond donors (Lipinski definition) is 1. The summed E-state index contributed by atoms with van der Waals surface area (Å²) in [6.07, 6.45) is 5.48. The van der Waals surface area contributed by atoms with Gasteiger partial charge in [-0.2, -0.15) is 5.10 Å². The Kier molecular flexibility index (Phi) is 3.56. The number of rotatable bonds is 0. The minimum absolute atomic E-state index is 0.829. The van der Waals surface area contributed by atoms with Crippen LogP contribution in [0.2, 0.25) is 0 Å². The molecule has 2 rings (SSSR count). The zero-order valence-electron chi connectivity index (χ0n) is 6.61. The van der Waals surface area contributed by atoms with E-state index < -0.39 is 11.6 Å². The molecular weight excluding hydrogens is 176 g/mol. The van der Waals surface area contributed by atoms with Crippen LogP contribution in [0.4, 0.5) is 8.78 Å². The molecule has 68 valence electrons. The quantitative estimate of drug-likeness (QED) is 0.676. The van der Waals surface area contributed by atoms with Gasteiger partial charge in [-0.1, -0.05) is 0 Å². The van der Waals surface area contributed by atoms with Gasteiger partial charge in [0.2, 0.25) is 0 Å². The average Bonchev–Trinajstić information content (AvgIpc) is 2.68. The molecule has 0 radical (unpaired) electrons. The van der Waals surface area contributed by atoms with E-state index in [-0.39, 0.29) is 0 Å². The summed E-state index contributed by atoms with van der Waals surface area (Å²) in [5, 5.41) is 6.21. The summed E-state index contributed by atoms with van der Waals surface area (Å²) in [5.41, 5.74) is 0. The molecule has 0 saturated heterocycles. The second-order valence-electron chi connectivity index (χ2n) is 2.06. The van der Waals surface area contributed by atoms with E-state index in [2.05, 4.69) is 15.2 Å². The van der Waals surface area contributed by atoms with Gasteiger partial charge in [-0.25, -0.2) is 8.78 Å². The normalized spacial score (nSPS) is 8.77. The van der Waals surface area contributed by atoms with Gasteiger partial charge in [0.1, 0.15) is 0 Å². The number of aromatic nitrogens is 3. The Balaban J connectivity index is 0.000000145. The minimum atomic E-state index is -0.910. The van der Waals surface area contributed by atoms with E-state index >= 15 is 0 Å². The Labute approximate surface area is 73.4 Å². The van der Waals surface area contributed by atoms with Crippen molar-refractivity contribution in [2.75, 3.05) is 0 Å². The van der Waals surface area contributed by atoms with Gasteiger partial charge in [-0.15, -0.1) is 0 Å². The molecule has 0 fully saturated rings. The highest BCUT2D eigenvalue weighted by Crippen LogP contribution is 1.98. The molecule has 0 aliphatic carbocycles. The maximum atomic E-state index is 11.9. The fourth-order valence-electron chi connectivity index (χ4n) is 0.573. The van der Waals surface area contributed by atoms with Crippen molar-refractivity contribution in [3.05, 3.63) is 48.6 Å². The van der Waals surface area contributed by atoms with Crippen LogP contribution in [-0.2, 0) is 0 Å². The Morgan fingerprint density at radius 3 is 2.31 bits per heavy atom. The maximum Gasteiger partial charge on any atom is 0.177 e.